The molecule has 3 aromatic rings. The maximum atomic E-state index is 14.1. The highest BCUT2D eigenvalue weighted by molar-refractivity contribution is 7.92. The first-order valence-electron chi connectivity index (χ1n) is 12.9. The molecule has 0 aliphatic rings. The van der Waals surface area contributed by atoms with Crippen molar-refractivity contribution in [1.82, 2.24) is 10.2 Å². The molecular weight excluding hydrogens is 534 g/mol. The Labute approximate surface area is 236 Å². The van der Waals surface area contributed by atoms with Crippen LogP contribution in [0.15, 0.2) is 77.7 Å². The van der Waals surface area contributed by atoms with Gasteiger partial charge in [0.2, 0.25) is 11.8 Å². The molecule has 1 N–H and O–H groups in total. The fourth-order valence-electron chi connectivity index (χ4n) is 4.28. The molecular formula is C30H36ClN3O4S. The number of hydrogen-bond acceptors (Lipinski definition) is 4. The van der Waals surface area contributed by atoms with Crippen LogP contribution in [0.25, 0.3) is 0 Å². The Morgan fingerprint density at radius 1 is 0.923 bits per heavy atom. The SMILES string of the molecule is CC[C@@H](C(=O)NC(C)C)N(Cc1ccc(C)cc1)C(=O)CN(c1ccccc1C)S(=O)(=O)c1ccc(Cl)cc1. The minimum absolute atomic E-state index is 0.0117. The van der Waals surface area contributed by atoms with Crippen molar-refractivity contribution in [3.8, 4) is 0 Å². The van der Waals surface area contributed by atoms with Crippen LogP contribution in [0.4, 0.5) is 5.69 Å². The second-order valence-electron chi connectivity index (χ2n) is 9.85. The van der Waals surface area contributed by atoms with Crippen LogP contribution in [0.3, 0.4) is 0 Å². The van der Waals surface area contributed by atoms with Gasteiger partial charge in [0.25, 0.3) is 10.0 Å². The van der Waals surface area contributed by atoms with Gasteiger partial charge in [-0.1, -0.05) is 66.6 Å². The molecule has 2 amide bonds. The van der Waals surface area contributed by atoms with Gasteiger partial charge in [0, 0.05) is 17.6 Å². The third-order valence-corrected chi connectivity index (χ3v) is 8.38. The Balaban J connectivity index is 2.07. The predicted molar refractivity (Wildman–Crippen MR) is 156 cm³/mol. The molecule has 3 rings (SSSR count). The summed E-state index contributed by atoms with van der Waals surface area (Å²) in [5, 5.41) is 3.30. The number of nitrogens with zero attached hydrogens (tertiary/aromatic N) is 2. The van der Waals surface area contributed by atoms with Crippen LogP contribution in [0.5, 0.6) is 0 Å². The lowest BCUT2D eigenvalue weighted by Crippen LogP contribution is -2.53. The van der Waals surface area contributed by atoms with Crippen molar-refractivity contribution in [2.24, 2.45) is 0 Å². The fraction of sp³-hybridized carbons (Fsp3) is 0.333. The van der Waals surface area contributed by atoms with E-state index in [-0.39, 0.29) is 23.4 Å². The number of rotatable bonds is 11. The number of anilines is 1. The Hall–Kier alpha value is -3.36. The first-order valence-corrected chi connectivity index (χ1v) is 14.7. The van der Waals surface area contributed by atoms with E-state index in [1.165, 1.54) is 29.2 Å². The molecule has 208 valence electrons. The summed E-state index contributed by atoms with van der Waals surface area (Å²) in [6.07, 6.45) is 0.366. The van der Waals surface area contributed by atoms with Gasteiger partial charge in [-0.05, 0) is 75.6 Å². The number of para-hydroxylation sites is 1. The minimum atomic E-state index is -4.15. The topological polar surface area (TPSA) is 86.8 Å². The van der Waals surface area contributed by atoms with Gasteiger partial charge in [0.1, 0.15) is 12.6 Å². The van der Waals surface area contributed by atoms with Gasteiger partial charge < -0.3 is 10.2 Å². The molecule has 9 heteroatoms. The third-order valence-electron chi connectivity index (χ3n) is 6.36. The highest BCUT2D eigenvalue weighted by Crippen LogP contribution is 2.28. The Kier molecular flexibility index (Phi) is 10.2. The normalized spacial score (nSPS) is 12.2. The maximum absolute atomic E-state index is 14.1. The van der Waals surface area contributed by atoms with Gasteiger partial charge in [-0.3, -0.25) is 13.9 Å². The maximum Gasteiger partial charge on any atom is 0.264 e. The molecule has 0 bridgehead atoms. The molecule has 0 aliphatic heterocycles. The lowest BCUT2D eigenvalue weighted by molar-refractivity contribution is -0.140. The van der Waals surface area contributed by atoms with Crippen LogP contribution < -0.4 is 9.62 Å². The lowest BCUT2D eigenvalue weighted by Gasteiger charge is -2.34. The van der Waals surface area contributed by atoms with Crippen LogP contribution in [0.2, 0.25) is 5.02 Å². The number of sulfonamides is 1. The molecule has 0 aromatic heterocycles. The molecule has 39 heavy (non-hydrogen) atoms. The van der Waals surface area contributed by atoms with E-state index in [2.05, 4.69) is 5.32 Å². The number of carbonyl (C=O) groups is 2. The standard InChI is InChI=1S/C30H36ClN3O4S/c1-6-27(30(36)32-21(2)3)33(19-24-13-11-22(4)12-14-24)29(35)20-34(28-10-8-7-9-23(28)5)39(37,38)26-17-15-25(31)16-18-26/h7-18,21,27H,6,19-20H2,1-5H3,(H,32,36)/t27-/m0/s1. The molecule has 0 radical (unpaired) electrons. The predicted octanol–water partition coefficient (Wildman–Crippen LogP) is 5.48. The zero-order valence-corrected chi connectivity index (χ0v) is 24.6. The van der Waals surface area contributed by atoms with Crippen molar-refractivity contribution < 1.29 is 18.0 Å². The quantitative estimate of drug-likeness (QED) is 0.331. The van der Waals surface area contributed by atoms with Crippen molar-refractivity contribution in [3.05, 3.63) is 94.5 Å². The van der Waals surface area contributed by atoms with E-state index in [0.29, 0.717) is 22.7 Å². The van der Waals surface area contributed by atoms with E-state index in [9.17, 15) is 18.0 Å². The van der Waals surface area contributed by atoms with Gasteiger partial charge >= 0.3 is 0 Å². The summed E-state index contributed by atoms with van der Waals surface area (Å²) in [5.74, 6) is -0.766. The van der Waals surface area contributed by atoms with E-state index >= 15 is 0 Å². The van der Waals surface area contributed by atoms with Crippen molar-refractivity contribution in [2.45, 2.75) is 64.6 Å². The van der Waals surface area contributed by atoms with Crippen molar-refractivity contribution in [2.75, 3.05) is 10.8 Å². The second-order valence-corrected chi connectivity index (χ2v) is 12.1. The van der Waals surface area contributed by atoms with Gasteiger partial charge in [-0.2, -0.15) is 0 Å². The molecule has 1 atom stereocenters. The zero-order valence-electron chi connectivity index (χ0n) is 23.0. The molecule has 7 nitrogen and oxygen atoms in total. The van der Waals surface area contributed by atoms with Gasteiger partial charge in [-0.25, -0.2) is 8.42 Å². The average Bonchev–Trinajstić information content (AvgIpc) is 2.88. The monoisotopic (exact) mass is 569 g/mol. The second kappa shape index (κ2) is 13.1. The van der Waals surface area contributed by atoms with Crippen LogP contribution in [-0.4, -0.2) is 43.8 Å². The largest absolute Gasteiger partial charge is 0.352 e. The number of amides is 2. The van der Waals surface area contributed by atoms with Crippen LogP contribution >= 0.6 is 11.6 Å². The molecule has 0 saturated heterocycles. The number of benzene rings is 3. The van der Waals surface area contributed by atoms with Crippen molar-refractivity contribution in [3.63, 3.8) is 0 Å². The van der Waals surface area contributed by atoms with Gasteiger partial charge in [0.15, 0.2) is 0 Å². The van der Waals surface area contributed by atoms with Crippen LogP contribution in [-0.2, 0) is 26.2 Å². The number of aryl methyl sites for hydroxylation is 2. The summed E-state index contributed by atoms with van der Waals surface area (Å²) in [6.45, 7) is 8.99. The number of carbonyl (C=O) groups excluding carboxylic acids is 2. The molecule has 0 heterocycles. The van der Waals surface area contributed by atoms with E-state index < -0.39 is 28.5 Å². The summed E-state index contributed by atoms with van der Waals surface area (Å²) in [5.41, 5.74) is 2.99. The van der Waals surface area contributed by atoms with Gasteiger partial charge in [-0.15, -0.1) is 0 Å². The minimum Gasteiger partial charge on any atom is -0.352 e. The summed E-state index contributed by atoms with van der Waals surface area (Å²) in [7, 11) is -4.15. The van der Waals surface area contributed by atoms with Crippen molar-refractivity contribution in [1.29, 1.82) is 0 Å². The van der Waals surface area contributed by atoms with E-state index in [0.717, 1.165) is 15.4 Å². The molecule has 0 aliphatic carbocycles. The smallest absolute Gasteiger partial charge is 0.264 e. The number of halogens is 1. The van der Waals surface area contributed by atoms with E-state index in [4.69, 9.17) is 11.6 Å². The third kappa shape index (κ3) is 7.61. The van der Waals surface area contributed by atoms with Crippen molar-refractivity contribution >= 4 is 39.1 Å². The van der Waals surface area contributed by atoms with E-state index in [1.54, 1.807) is 31.2 Å². The summed E-state index contributed by atoms with van der Waals surface area (Å²) in [6, 6.07) is 19.6. The molecule has 0 fully saturated rings. The molecule has 0 unspecified atom stereocenters. The Morgan fingerprint density at radius 2 is 1.54 bits per heavy atom. The molecule has 0 spiro atoms. The number of hydrogen-bond donors (Lipinski definition) is 1. The van der Waals surface area contributed by atoms with Crippen LogP contribution in [0.1, 0.15) is 43.9 Å². The summed E-state index contributed by atoms with van der Waals surface area (Å²) < 4.78 is 28.9. The molecule has 0 saturated carbocycles. The highest BCUT2D eigenvalue weighted by atomic mass is 35.5. The zero-order chi connectivity index (χ0) is 28.7. The lowest BCUT2D eigenvalue weighted by atomic mass is 10.1. The van der Waals surface area contributed by atoms with E-state index in [1.807, 2.05) is 52.0 Å². The summed E-state index contributed by atoms with van der Waals surface area (Å²) in [4.78, 5) is 28.7. The number of nitrogens with one attached hydrogen (secondary N) is 1. The first kappa shape index (κ1) is 30.2. The van der Waals surface area contributed by atoms with Crippen LogP contribution in [0, 0.1) is 13.8 Å². The Morgan fingerprint density at radius 3 is 2.10 bits per heavy atom. The average molecular weight is 570 g/mol. The summed E-state index contributed by atoms with van der Waals surface area (Å²) >= 11 is 6.01. The first-order chi connectivity index (χ1) is 18.4. The fourth-order valence-corrected chi connectivity index (χ4v) is 5.89. The molecule has 3 aromatic carbocycles. The van der Waals surface area contributed by atoms with Gasteiger partial charge in [0.05, 0.1) is 10.6 Å². The highest BCUT2D eigenvalue weighted by Gasteiger charge is 2.34. The Bertz CT molecular complexity index is 1390.